The van der Waals surface area contributed by atoms with Crippen LogP contribution in [0.15, 0.2) is 107 Å². The molecule has 2 fully saturated rings. The first-order valence-corrected chi connectivity index (χ1v) is 22.3. The molecule has 0 saturated carbocycles. The van der Waals surface area contributed by atoms with Crippen molar-refractivity contribution >= 4 is 78.7 Å². The largest absolute Gasteiger partial charge is 1.00 e. The molecule has 0 aliphatic carbocycles. The summed E-state index contributed by atoms with van der Waals surface area (Å²) in [5.74, 6) is 1.49. The molecule has 0 amide bonds. The summed E-state index contributed by atoms with van der Waals surface area (Å²) in [4.78, 5) is 30.4. The van der Waals surface area contributed by atoms with E-state index in [1.807, 2.05) is 70.5 Å². The molecule has 2 aliphatic rings. The van der Waals surface area contributed by atoms with Crippen LogP contribution in [0.4, 0.5) is 58.4 Å². The fourth-order valence-electron chi connectivity index (χ4n) is 6.78. The van der Waals surface area contributed by atoms with Crippen LogP contribution in [0.3, 0.4) is 0 Å². The average molecular weight is 927 g/mol. The van der Waals surface area contributed by atoms with Gasteiger partial charge >= 0.3 is 59.1 Å². The Hall–Kier alpha value is -4.56. The molecule has 2 aromatic heterocycles. The van der Waals surface area contributed by atoms with Gasteiger partial charge in [-0.15, -0.1) is 0 Å². The number of hydrogen-bond donors (Lipinski definition) is 4. The Kier molecular flexibility index (Phi) is 16.9. The van der Waals surface area contributed by atoms with Gasteiger partial charge in [0.05, 0.1) is 36.2 Å². The molecule has 0 bridgehead atoms. The van der Waals surface area contributed by atoms with Gasteiger partial charge in [-0.1, -0.05) is 36.4 Å². The number of ether oxygens (including phenoxy) is 2. The monoisotopic (exact) mass is 926 g/mol. The molecule has 4 aromatic carbocycles. The topological polar surface area (TPSA) is 265 Å². The minimum absolute atomic E-state index is 0. The van der Waals surface area contributed by atoms with Crippen LogP contribution in [0, 0.1) is 0 Å². The van der Waals surface area contributed by atoms with Crippen LogP contribution in [0.1, 0.15) is 11.1 Å². The van der Waals surface area contributed by atoms with Crippen LogP contribution in [0.5, 0.6) is 0 Å². The summed E-state index contributed by atoms with van der Waals surface area (Å²) in [5, 5.41) is 12.5. The zero-order valence-electron chi connectivity index (χ0n) is 35.0. The van der Waals surface area contributed by atoms with Gasteiger partial charge in [0.15, 0.2) is 0 Å². The SMILES string of the molecule is O=S(=O)([O-])c1ccc(Nc2nc(Nc3ccccc3)nc(N3CCOCC3)n2)cc1CCc1cc(Nc2nc(Nc3ccccc3)nc(N3CCOCC3)n2)ccc1S(=O)(=O)[O-].[Na+].[Na+]. The molecular formula is C40H40N12Na2O8S2. The number of benzene rings is 4. The third-order valence-corrected chi connectivity index (χ3v) is 11.6. The van der Waals surface area contributed by atoms with E-state index in [9.17, 15) is 25.9 Å². The second kappa shape index (κ2) is 22.1. The van der Waals surface area contributed by atoms with Gasteiger partial charge in [-0.25, -0.2) is 16.8 Å². The molecule has 0 unspecified atom stereocenters. The van der Waals surface area contributed by atoms with E-state index in [1.165, 1.54) is 24.3 Å². The van der Waals surface area contributed by atoms with Gasteiger partial charge < -0.3 is 49.6 Å². The molecule has 0 spiro atoms. The van der Waals surface area contributed by atoms with Gasteiger partial charge in [-0.3, -0.25) is 0 Å². The molecule has 20 nitrogen and oxygen atoms in total. The van der Waals surface area contributed by atoms with Crippen molar-refractivity contribution in [3.05, 3.63) is 108 Å². The number of nitrogens with zero attached hydrogens (tertiary/aromatic N) is 8. The Morgan fingerprint density at radius 2 is 0.797 bits per heavy atom. The Morgan fingerprint density at radius 3 is 1.12 bits per heavy atom. The number of aryl methyl sites for hydroxylation is 2. The third kappa shape index (κ3) is 13.0. The molecule has 8 rings (SSSR count). The first kappa shape index (κ1) is 48.9. The number of hydrogen-bond acceptors (Lipinski definition) is 20. The van der Waals surface area contributed by atoms with Crippen LogP contribution in [-0.4, -0.2) is 108 Å². The van der Waals surface area contributed by atoms with Crippen molar-refractivity contribution in [3.8, 4) is 0 Å². The van der Waals surface area contributed by atoms with Crippen molar-refractivity contribution in [3.63, 3.8) is 0 Å². The number of anilines is 10. The van der Waals surface area contributed by atoms with Gasteiger partial charge in [-0.05, 0) is 84.6 Å². The van der Waals surface area contributed by atoms with Crippen LogP contribution in [0.25, 0.3) is 0 Å². The van der Waals surface area contributed by atoms with Crippen LogP contribution in [0.2, 0.25) is 0 Å². The molecule has 2 aliphatic heterocycles. The van der Waals surface area contributed by atoms with E-state index in [-0.39, 0.29) is 107 Å². The summed E-state index contributed by atoms with van der Waals surface area (Å²) >= 11 is 0. The molecule has 0 radical (unpaired) electrons. The Labute approximate surface area is 414 Å². The molecule has 4 N–H and O–H groups in total. The van der Waals surface area contributed by atoms with Gasteiger partial charge in [0, 0.05) is 48.9 Å². The number of nitrogens with one attached hydrogen (secondary N) is 4. The maximum Gasteiger partial charge on any atom is 1.00 e. The summed E-state index contributed by atoms with van der Waals surface area (Å²) in [6.07, 6.45) is -0.319. The van der Waals surface area contributed by atoms with E-state index in [0.29, 0.717) is 75.9 Å². The second-order valence-electron chi connectivity index (χ2n) is 14.0. The Morgan fingerprint density at radius 1 is 0.469 bits per heavy atom. The van der Waals surface area contributed by atoms with E-state index in [4.69, 9.17) is 9.47 Å². The smallest absolute Gasteiger partial charge is 0.744 e. The third-order valence-electron chi connectivity index (χ3n) is 9.73. The summed E-state index contributed by atoms with van der Waals surface area (Å²) < 4.78 is 86.1. The van der Waals surface area contributed by atoms with Crippen molar-refractivity contribution in [1.29, 1.82) is 0 Å². The quantitative estimate of drug-likeness (QED) is 0.0661. The first-order chi connectivity index (χ1) is 29.9. The van der Waals surface area contributed by atoms with Crippen molar-refractivity contribution in [1.82, 2.24) is 29.9 Å². The van der Waals surface area contributed by atoms with E-state index in [2.05, 4.69) is 51.2 Å². The zero-order chi connectivity index (χ0) is 43.1. The molecular weight excluding hydrogens is 887 g/mol. The van der Waals surface area contributed by atoms with Crippen LogP contribution in [-0.2, 0) is 42.6 Å². The van der Waals surface area contributed by atoms with Crippen molar-refractivity contribution < 1.29 is 94.5 Å². The predicted molar refractivity (Wildman–Crippen MR) is 228 cm³/mol. The fraction of sp³-hybridized carbons (Fsp3) is 0.250. The van der Waals surface area contributed by atoms with E-state index < -0.39 is 30.0 Å². The molecule has 24 heteroatoms. The average Bonchev–Trinajstić information content (AvgIpc) is 3.26. The zero-order valence-corrected chi connectivity index (χ0v) is 40.6. The van der Waals surface area contributed by atoms with Gasteiger partial charge in [-0.2, -0.15) is 29.9 Å². The van der Waals surface area contributed by atoms with Crippen LogP contribution < -0.4 is 90.2 Å². The minimum atomic E-state index is -5.00. The van der Waals surface area contributed by atoms with Gasteiger partial charge in [0.25, 0.3) is 0 Å². The summed E-state index contributed by atoms with van der Waals surface area (Å²) in [7, 11) is -10.00. The molecule has 2 saturated heterocycles. The molecule has 0 atom stereocenters. The van der Waals surface area contributed by atoms with E-state index >= 15 is 0 Å². The molecule has 4 heterocycles. The maximum atomic E-state index is 12.5. The molecule has 6 aromatic rings. The standard InChI is InChI=1S/C40H42N12O8S2.2Na/c53-61(54,55)33-15-13-31(43-37-45-35(41-29-7-3-1-4-8-29)47-39(49-37)51-17-21-59-22-18-51)25-27(33)11-12-28-26-32(14-16-34(28)62(56,57)58)44-38-46-36(42-30-9-5-2-6-10-30)48-40(50-38)52-19-23-60-24-20-52;;/h1-10,13-16,25-26H,11-12,17-24H2,(H,53,54,55)(H,56,57,58)(H2,41,43,45,47,49)(H2,42,44,46,48,50);;/q;2*+1/p-2. The number of para-hydroxylation sites is 2. The van der Waals surface area contributed by atoms with Gasteiger partial charge in [0.2, 0.25) is 35.7 Å². The first-order valence-electron chi connectivity index (χ1n) is 19.5. The maximum absolute atomic E-state index is 12.5. The summed E-state index contributed by atoms with van der Waals surface area (Å²) in [5.41, 5.74) is 2.25. The Bertz CT molecular complexity index is 2570. The fourth-order valence-corrected chi connectivity index (χ4v) is 8.22. The second-order valence-corrected chi connectivity index (χ2v) is 16.7. The summed E-state index contributed by atoms with van der Waals surface area (Å²) in [6.45, 7) is 4.12. The molecule has 322 valence electrons. The number of rotatable bonds is 15. The normalized spacial score (nSPS) is 14.2. The minimum Gasteiger partial charge on any atom is -0.744 e. The van der Waals surface area contributed by atoms with Crippen molar-refractivity contribution in [2.75, 3.05) is 83.7 Å². The van der Waals surface area contributed by atoms with Crippen molar-refractivity contribution in [2.24, 2.45) is 0 Å². The van der Waals surface area contributed by atoms with E-state index in [0.717, 1.165) is 23.5 Å². The number of morpholine rings is 2. The van der Waals surface area contributed by atoms with Crippen molar-refractivity contribution in [2.45, 2.75) is 22.6 Å². The molecule has 64 heavy (non-hydrogen) atoms. The number of aromatic nitrogens is 6. The predicted octanol–water partition coefficient (Wildman–Crippen LogP) is -1.69. The Balaban J connectivity index is 0.00000340. The van der Waals surface area contributed by atoms with Crippen LogP contribution >= 0.6 is 0 Å². The summed E-state index contributed by atoms with van der Waals surface area (Å²) in [6, 6.07) is 26.6. The van der Waals surface area contributed by atoms with Gasteiger partial charge in [0.1, 0.15) is 20.2 Å². The van der Waals surface area contributed by atoms with E-state index in [1.54, 1.807) is 0 Å².